The predicted octanol–water partition coefficient (Wildman–Crippen LogP) is 2.29. The number of benzene rings is 1. The lowest BCUT2D eigenvalue weighted by Crippen LogP contribution is -2.21. The Morgan fingerprint density at radius 2 is 1.67 bits per heavy atom. The second kappa shape index (κ2) is 13.7. The summed E-state index contributed by atoms with van der Waals surface area (Å²) in [6.45, 7) is 2.49. The minimum absolute atomic E-state index is 0.211. The van der Waals surface area contributed by atoms with E-state index in [9.17, 15) is 22.8 Å². The van der Waals surface area contributed by atoms with Crippen molar-refractivity contribution in [3.63, 3.8) is 0 Å². The van der Waals surface area contributed by atoms with Crippen LogP contribution in [0.3, 0.4) is 0 Å². The van der Waals surface area contributed by atoms with Crippen LogP contribution < -0.4 is 20.1 Å². The number of aliphatic carboxylic acids is 3. The number of nitrogens with one attached hydrogen (secondary N) is 2. The molecule has 0 atom stereocenters. The van der Waals surface area contributed by atoms with Gasteiger partial charge in [-0.15, -0.1) is 11.3 Å². The van der Waals surface area contributed by atoms with Crippen LogP contribution >= 0.6 is 11.3 Å². The molecule has 3 rings (SSSR count). The highest BCUT2D eigenvalue weighted by Gasteiger charge is 2.38. The highest BCUT2D eigenvalue weighted by atomic mass is 32.1. The van der Waals surface area contributed by atoms with Crippen molar-refractivity contribution in [2.75, 3.05) is 26.3 Å². The number of carboxylic acid groups (broad SMARTS) is 3. The number of carboxylic acids is 3. The Morgan fingerprint density at radius 1 is 1.03 bits per heavy atom. The summed E-state index contributed by atoms with van der Waals surface area (Å²) in [5.74, 6) is -4.55. The van der Waals surface area contributed by atoms with Crippen LogP contribution in [0.2, 0.25) is 0 Å². The Kier molecular flexibility index (Phi) is 11.0. The summed E-state index contributed by atoms with van der Waals surface area (Å²) in [4.78, 5) is 33.2. The first-order chi connectivity index (χ1) is 17.0. The quantitative estimate of drug-likeness (QED) is 0.271. The van der Waals surface area contributed by atoms with E-state index in [0.29, 0.717) is 0 Å². The zero-order valence-corrected chi connectivity index (χ0v) is 19.7. The highest BCUT2D eigenvalue weighted by molar-refractivity contribution is 7.12. The number of rotatable bonds is 11. The predicted molar refractivity (Wildman–Crippen MR) is 122 cm³/mol. The molecule has 0 aliphatic carbocycles. The number of ether oxygens (including phenoxy) is 2. The highest BCUT2D eigenvalue weighted by Crippen LogP contribution is 2.29. The van der Waals surface area contributed by atoms with Gasteiger partial charge in [0.2, 0.25) is 0 Å². The van der Waals surface area contributed by atoms with Crippen molar-refractivity contribution in [1.29, 1.82) is 0 Å². The van der Waals surface area contributed by atoms with Gasteiger partial charge in [0, 0.05) is 29.4 Å². The third kappa shape index (κ3) is 10.1. The lowest BCUT2D eigenvalue weighted by Gasteiger charge is -2.12. The maximum Gasteiger partial charge on any atom is 0.490 e. The van der Waals surface area contributed by atoms with Crippen molar-refractivity contribution in [3.8, 4) is 11.5 Å². The zero-order valence-electron chi connectivity index (χ0n) is 18.9. The van der Waals surface area contributed by atoms with E-state index in [0.717, 1.165) is 44.6 Å². The molecule has 10 nitrogen and oxygen atoms in total. The average Bonchev–Trinajstić information content (AvgIpc) is 3.22. The van der Waals surface area contributed by atoms with Crippen molar-refractivity contribution >= 4 is 29.2 Å². The maximum absolute atomic E-state index is 10.8. The van der Waals surface area contributed by atoms with E-state index in [-0.39, 0.29) is 11.5 Å². The van der Waals surface area contributed by atoms with Gasteiger partial charge in [-0.05, 0) is 48.7 Å². The third-order valence-corrected chi connectivity index (χ3v) is 5.87. The lowest BCUT2D eigenvalue weighted by molar-refractivity contribution is -0.192. The molecule has 0 fully saturated rings. The van der Waals surface area contributed by atoms with Crippen LogP contribution in [0, 0.1) is 0 Å². The van der Waals surface area contributed by atoms with Crippen LogP contribution in [0.15, 0.2) is 24.3 Å². The Balaban J connectivity index is 0.000000572. The minimum Gasteiger partial charge on any atom is -0.479 e. The van der Waals surface area contributed by atoms with Gasteiger partial charge in [-0.3, -0.25) is 0 Å². The molecule has 0 amide bonds. The molecule has 0 saturated carbocycles. The van der Waals surface area contributed by atoms with Gasteiger partial charge in [0.15, 0.2) is 24.7 Å². The van der Waals surface area contributed by atoms with Crippen LogP contribution in [0.25, 0.3) is 0 Å². The number of fused-ring (bicyclic) bond motifs is 1. The van der Waals surface area contributed by atoms with E-state index >= 15 is 0 Å². The van der Waals surface area contributed by atoms with E-state index in [1.165, 1.54) is 15.3 Å². The fraction of sp³-hybridized carbons (Fsp3) is 0.409. The second-order valence-corrected chi connectivity index (χ2v) is 8.68. The molecule has 14 heteroatoms. The number of hydrogen-bond acceptors (Lipinski definition) is 8. The summed E-state index contributed by atoms with van der Waals surface area (Å²) in [7, 11) is 0. The summed E-state index contributed by atoms with van der Waals surface area (Å²) in [6, 6.07) is 7.38. The molecule has 0 unspecified atom stereocenters. The van der Waals surface area contributed by atoms with E-state index in [2.05, 4.69) is 16.7 Å². The third-order valence-electron chi connectivity index (χ3n) is 4.63. The molecule has 1 aliphatic rings. The summed E-state index contributed by atoms with van der Waals surface area (Å²) in [5, 5.41) is 31.5. The van der Waals surface area contributed by atoms with Gasteiger partial charge in [0.25, 0.3) is 0 Å². The summed E-state index contributed by atoms with van der Waals surface area (Å²) in [5.41, 5.74) is 2.34. The van der Waals surface area contributed by atoms with Crippen molar-refractivity contribution in [2.45, 2.75) is 32.1 Å². The standard InChI is InChI=1S/C20H24N2O6S.C2HF3O2/c23-19(24)11-27-16-2-1-13(7-17(16)28-12-20(25)26)3-5-22-10-15-8-14-9-21-6-4-18(14)29-15;3-2(4,5)1(6)7/h1-2,7-8,21-22H,3-6,9-12H2,(H,23,24)(H,25,26);(H,6,7). The number of thiophene rings is 1. The van der Waals surface area contributed by atoms with Crippen LogP contribution in [0.1, 0.15) is 20.9 Å². The summed E-state index contributed by atoms with van der Waals surface area (Å²) in [6.07, 6.45) is -3.27. The fourth-order valence-corrected chi connectivity index (χ4v) is 4.22. The van der Waals surface area contributed by atoms with Gasteiger partial charge in [0.05, 0.1) is 0 Å². The van der Waals surface area contributed by atoms with Gasteiger partial charge in [-0.1, -0.05) is 6.07 Å². The summed E-state index contributed by atoms with van der Waals surface area (Å²) < 4.78 is 42.2. The van der Waals surface area contributed by atoms with E-state index < -0.39 is 37.3 Å². The SMILES string of the molecule is O=C(O)C(F)(F)F.O=C(O)COc1ccc(CCNCc2cc3c(s2)CCNC3)cc1OCC(=O)O. The first kappa shape index (κ1) is 28.9. The van der Waals surface area contributed by atoms with Gasteiger partial charge >= 0.3 is 24.1 Å². The Bertz CT molecular complexity index is 1030. The number of hydrogen-bond donors (Lipinski definition) is 5. The molecule has 0 saturated heterocycles. The minimum atomic E-state index is -5.08. The molecule has 1 aromatic carbocycles. The van der Waals surface area contributed by atoms with Gasteiger partial charge in [-0.25, -0.2) is 14.4 Å². The number of alkyl halides is 3. The lowest BCUT2D eigenvalue weighted by atomic mass is 10.1. The van der Waals surface area contributed by atoms with Crippen LogP contribution in [0.5, 0.6) is 11.5 Å². The molecule has 5 N–H and O–H groups in total. The van der Waals surface area contributed by atoms with Gasteiger partial charge in [-0.2, -0.15) is 13.2 Å². The Labute approximate surface area is 207 Å². The zero-order chi connectivity index (χ0) is 26.7. The van der Waals surface area contributed by atoms with Crippen LogP contribution in [-0.2, 0) is 40.3 Å². The maximum atomic E-state index is 10.8. The molecule has 2 heterocycles. The van der Waals surface area contributed by atoms with Gasteiger partial charge in [0.1, 0.15) is 0 Å². The molecule has 198 valence electrons. The molecular weight excluding hydrogens is 509 g/mol. The van der Waals surface area contributed by atoms with Crippen molar-refractivity contribution in [3.05, 3.63) is 45.1 Å². The Hall–Kier alpha value is -3.36. The van der Waals surface area contributed by atoms with Crippen molar-refractivity contribution < 1.29 is 52.3 Å². The van der Waals surface area contributed by atoms with Crippen molar-refractivity contribution in [2.24, 2.45) is 0 Å². The van der Waals surface area contributed by atoms with Crippen LogP contribution in [-0.4, -0.2) is 65.7 Å². The topological polar surface area (TPSA) is 154 Å². The second-order valence-electron chi connectivity index (χ2n) is 7.46. The molecule has 0 spiro atoms. The first-order valence-corrected chi connectivity index (χ1v) is 11.4. The monoisotopic (exact) mass is 534 g/mol. The van der Waals surface area contributed by atoms with E-state index in [1.54, 1.807) is 12.1 Å². The summed E-state index contributed by atoms with van der Waals surface area (Å²) >= 11 is 1.86. The molecule has 0 radical (unpaired) electrons. The fourth-order valence-electron chi connectivity index (χ4n) is 3.06. The number of carbonyl (C=O) groups is 3. The average molecular weight is 535 g/mol. The molecule has 0 bridgehead atoms. The molecule has 1 aliphatic heterocycles. The molecule has 1 aromatic heterocycles. The van der Waals surface area contributed by atoms with Crippen LogP contribution in [0.4, 0.5) is 13.2 Å². The largest absolute Gasteiger partial charge is 0.490 e. The first-order valence-electron chi connectivity index (χ1n) is 10.6. The molecule has 36 heavy (non-hydrogen) atoms. The smallest absolute Gasteiger partial charge is 0.479 e. The van der Waals surface area contributed by atoms with E-state index in [1.807, 2.05) is 17.4 Å². The van der Waals surface area contributed by atoms with E-state index in [4.69, 9.17) is 29.6 Å². The van der Waals surface area contributed by atoms with Crippen molar-refractivity contribution in [1.82, 2.24) is 10.6 Å². The molecular formula is C22H25F3N2O8S. The number of halogens is 3. The Morgan fingerprint density at radius 3 is 2.25 bits per heavy atom. The molecule has 2 aromatic rings. The normalized spacial score (nSPS) is 12.6. The van der Waals surface area contributed by atoms with Gasteiger partial charge < -0.3 is 35.4 Å².